The zero-order chi connectivity index (χ0) is 16.2. The van der Waals surface area contributed by atoms with Gasteiger partial charge < -0.3 is 14.6 Å². The van der Waals surface area contributed by atoms with Crippen molar-refractivity contribution in [1.29, 1.82) is 0 Å². The first kappa shape index (κ1) is 15.7. The van der Waals surface area contributed by atoms with Crippen molar-refractivity contribution in [2.45, 2.75) is 13.0 Å². The summed E-state index contributed by atoms with van der Waals surface area (Å²) in [5.41, 5.74) is 0.436. The summed E-state index contributed by atoms with van der Waals surface area (Å²) >= 11 is 0. The molecule has 4 nitrogen and oxygen atoms in total. The number of hydrogen-bond acceptors (Lipinski definition) is 3. The van der Waals surface area contributed by atoms with E-state index in [1.807, 2.05) is 6.07 Å². The predicted molar refractivity (Wildman–Crippen MR) is 70.9 cm³/mol. The SMILES string of the molecule is O=C(O)c1cc(OCc2ccccc2)cc(OC(F)(F)F)c1. The molecule has 0 aliphatic carbocycles. The number of ether oxygens (including phenoxy) is 2. The summed E-state index contributed by atoms with van der Waals surface area (Å²) in [4.78, 5) is 11.0. The van der Waals surface area contributed by atoms with Gasteiger partial charge in [0.05, 0.1) is 5.56 Å². The van der Waals surface area contributed by atoms with Gasteiger partial charge in [-0.1, -0.05) is 30.3 Å². The molecule has 0 fully saturated rings. The van der Waals surface area contributed by atoms with Crippen molar-refractivity contribution in [2.24, 2.45) is 0 Å². The molecule has 7 heteroatoms. The molecule has 22 heavy (non-hydrogen) atoms. The van der Waals surface area contributed by atoms with Crippen LogP contribution in [-0.4, -0.2) is 17.4 Å². The third kappa shape index (κ3) is 4.69. The molecule has 0 radical (unpaired) electrons. The number of alkyl halides is 3. The third-order valence-corrected chi connectivity index (χ3v) is 2.61. The van der Waals surface area contributed by atoms with Gasteiger partial charge in [-0.15, -0.1) is 13.2 Å². The summed E-state index contributed by atoms with van der Waals surface area (Å²) in [7, 11) is 0. The Balaban J connectivity index is 2.20. The largest absolute Gasteiger partial charge is 0.573 e. The number of benzene rings is 2. The number of carboxylic acids is 1. The Morgan fingerprint density at radius 1 is 1.05 bits per heavy atom. The van der Waals surface area contributed by atoms with Crippen LogP contribution in [0.2, 0.25) is 0 Å². The minimum absolute atomic E-state index is 0.0250. The fraction of sp³-hybridized carbons (Fsp3) is 0.133. The van der Waals surface area contributed by atoms with Gasteiger partial charge in [0.2, 0.25) is 0 Å². The minimum Gasteiger partial charge on any atom is -0.489 e. The van der Waals surface area contributed by atoms with E-state index in [4.69, 9.17) is 9.84 Å². The molecule has 0 aromatic heterocycles. The molecule has 2 rings (SSSR count). The number of carbonyl (C=O) groups is 1. The Morgan fingerprint density at radius 2 is 1.68 bits per heavy atom. The number of rotatable bonds is 5. The van der Waals surface area contributed by atoms with Gasteiger partial charge in [-0.05, 0) is 17.7 Å². The second-order valence-corrected chi connectivity index (χ2v) is 4.32. The molecular formula is C15H11F3O4. The fourth-order valence-electron chi connectivity index (χ4n) is 1.71. The number of aromatic carboxylic acids is 1. The topological polar surface area (TPSA) is 55.8 Å². The van der Waals surface area contributed by atoms with E-state index in [2.05, 4.69) is 4.74 Å². The van der Waals surface area contributed by atoms with Crippen LogP contribution in [-0.2, 0) is 6.61 Å². The molecule has 0 saturated carbocycles. The Kier molecular flexibility index (Phi) is 4.55. The van der Waals surface area contributed by atoms with Crippen LogP contribution < -0.4 is 9.47 Å². The van der Waals surface area contributed by atoms with Crippen molar-refractivity contribution >= 4 is 5.97 Å². The fourth-order valence-corrected chi connectivity index (χ4v) is 1.71. The molecule has 2 aromatic carbocycles. The average Bonchev–Trinajstić information content (AvgIpc) is 2.44. The Morgan fingerprint density at radius 3 is 2.27 bits per heavy atom. The summed E-state index contributed by atoms with van der Waals surface area (Å²) in [6.07, 6.45) is -4.91. The first-order valence-corrected chi connectivity index (χ1v) is 6.14. The van der Waals surface area contributed by atoms with Crippen LogP contribution in [0.5, 0.6) is 11.5 Å². The Bertz CT molecular complexity index is 654. The van der Waals surface area contributed by atoms with Gasteiger partial charge in [-0.3, -0.25) is 0 Å². The second kappa shape index (κ2) is 6.38. The van der Waals surface area contributed by atoms with E-state index in [0.717, 1.165) is 23.8 Å². The van der Waals surface area contributed by atoms with Crippen molar-refractivity contribution in [3.05, 3.63) is 59.7 Å². The zero-order valence-electron chi connectivity index (χ0n) is 11.1. The predicted octanol–water partition coefficient (Wildman–Crippen LogP) is 3.86. The van der Waals surface area contributed by atoms with E-state index in [-0.39, 0.29) is 17.9 Å². The molecule has 1 N–H and O–H groups in total. The molecule has 0 spiro atoms. The highest BCUT2D eigenvalue weighted by molar-refractivity contribution is 5.88. The van der Waals surface area contributed by atoms with Crippen molar-refractivity contribution in [1.82, 2.24) is 0 Å². The first-order chi connectivity index (χ1) is 10.3. The highest BCUT2D eigenvalue weighted by Crippen LogP contribution is 2.28. The van der Waals surface area contributed by atoms with Crippen LogP contribution in [0.15, 0.2) is 48.5 Å². The molecule has 2 aromatic rings. The normalized spacial score (nSPS) is 11.0. The van der Waals surface area contributed by atoms with Crippen LogP contribution in [0, 0.1) is 0 Å². The van der Waals surface area contributed by atoms with Gasteiger partial charge in [0.25, 0.3) is 0 Å². The van der Waals surface area contributed by atoms with Gasteiger partial charge in [-0.25, -0.2) is 4.79 Å². The van der Waals surface area contributed by atoms with E-state index in [1.165, 1.54) is 0 Å². The van der Waals surface area contributed by atoms with Gasteiger partial charge in [0, 0.05) is 6.07 Å². The van der Waals surface area contributed by atoms with Gasteiger partial charge in [-0.2, -0.15) is 0 Å². The Labute approximate surface area is 123 Å². The number of carboxylic acid groups (broad SMARTS) is 1. The van der Waals surface area contributed by atoms with Gasteiger partial charge in [0.15, 0.2) is 0 Å². The minimum atomic E-state index is -4.91. The molecule has 0 aliphatic heterocycles. The monoisotopic (exact) mass is 312 g/mol. The van der Waals surface area contributed by atoms with Crippen molar-refractivity contribution in [3.8, 4) is 11.5 Å². The first-order valence-electron chi connectivity index (χ1n) is 6.14. The number of hydrogen-bond donors (Lipinski definition) is 1. The molecular weight excluding hydrogens is 301 g/mol. The van der Waals surface area contributed by atoms with Crippen LogP contribution in [0.3, 0.4) is 0 Å². The van der Waals surface area contributed by atoms with Crippen molar-refractivity contribution in [2.75, 3.05) is 0 Å². The van der Waals surface area contributed by atoms with Crippen LogP contribution >= 0.6 is 0 Å². The number of halogens is 3. The summed E-state index contributed by atoms with van der Waals surface area (Å²) in [6.45, 7) is 0.0926. The van der Waals surface area contributed by atoms with E-state index in [9.17, 15) is 18.0 Å². The molecule has 0 atom stereocenters. The smallest absolute Gasteiger partial charge is 0.489 e. The highest BCUT2D eigenvalue weighted by atomic mass is 19.4. The standard InChI is InChI=1S/C15H11F3O4/c16-15(17,18)22-13-7-11(14(19)20)6-12(8-13)21-9-10-4-2-1-3-5-10/h1-8H,9H2,(H,19,20). The molecule has 0 heterocycles. The third-order valence-electron chi connectivity index (χ3n) is 2.61. The van der Waals surface area contributed by atoms with E-state index < -0.39 is 18.1 Å². The van der Waals surface area contributed by atoms with Crippen LogP contribution in [0.1, 0.15) is 15.9 Å². The lowest BCUT2D eigenvalue weighted by Gasteiger charge is -2.12. The van der Waals surface area contributed by atoms with E-state index >= 15 is 0 Å². The maximum absolute atomic E-state index is 12.2. The van der Waals surface area contributed by atoms with E-state index in [0.29, 0.717) is 0 Å². The highest BCUT2D eigenvalue weighted by Gasteiger charge is 2.31. The summed E-state index contributed by atoms with van der Waals surface area (Å²) < 4.78 is 45.8. The lowest BCUT2D eigenvalue weighted by Crippen LogP contribution is -2.17. The molecule has 0 unspecified atom stereocenters. The van der Waals surface area contributed by atoms with Crippen molar-refractivity contribution < 1.29 is 32.5 Å². The average molecular weight is 312 g/mol. The molecule has 116 valence electrons. The molecule has 0 saturated heterocycles. The Hall–Kier alpha value is -2.70. The zero-order valence-corrected chi connectivity index (χ0v) is 11.1. The molecule has 0 amide bonds. The lowest BCUT2D eigenvalue weighted by molar-refractivity contribution is -0.274. The summed E-state index contributed by atoms with van der Waals surface area (Å²) in [6, 6.07) is 11.8. The second-order valence-electron chi connectivity index (χ2n) is 4.32. The van der Waals surface area contributed by atoms with Gasteiger partial charge >= 0.3 is 12.3 Å². The van der Waals surface area contributed by atoms with Crippen LogP contribution in [0.4, 0.5) is 13.2 Å². The van der Waals surface area contributed by atoms with Crippen LogP contribution in [0.25, 0.3) is 0 Å². The molecule has 0 aliphatic rings. The summed E-state index contributed by atoms with van der Waals surface area (Å²) in [5, 5.41) is 8.92. The van der Waals surface area contributed by atoms with Crippen molar-refractivity contribution in [3.63, 3.8) is 0 Å². The maximum atomic E-state index is 12.2. The molecule has 0 bridgehead atoms. The van der Waals surface area contributed by atoms with Gasteiger partial charge in [0.1, 0.15) is 18.1 Å². The van der Waals surface area contributed by atoms with E-state index in [1.54, 1.807) is 24.3 Å². The quantitative estimate of drug-likeness (QED) is 0.911. The summed E-state index contributed by atoms with van der Waals surface area (Å²) in [5.74, 6) is -2.05. The maximum Gasteiger partial charge on any atom is 0.573 e. The lowest BCUT2D eigenvalue weighted by atomic mass is 10.2.